The van der Waals surface area contributed by atoms with Gasteiger partial charge in [0.2, 0.25) is 0 Å². The zero-order chi connectivity index (χ0) is 28.2. The van der Waals surface area contributed by atoms with Gasteiger partial charge < -0.3 is 0 Å². The Morgan fingerprint density at radius 3 is 2.24 bits per heavy atom. The molecule has 2 aromatic heterocycles. The van der Waals surface area contributed by atoms with Crippen molar-refractivity contribution in [1.29, 1.82) is 0 Å². The number of hydrogen-bond acceptors (Lipinski definition) is 2. The van der Waals surface area contributed by atoms with Crippen LogP contribution in [-0.4, -0.2) is 4.98 Å². The maximum Gasteiger partial charge on any atom is 0.0880 e. The van der Waals surface area contributed by atoms with Gasteiger partial charge in [-0.2, -0.15) is 0 Å². The number of rotatable bonds is 3. The average Bonchev–Trinajstić information content (AvgIpc) is 3.33. The Kier molecular flexibility index (Phi) is 6.81. The summed E-state index contributed by atoms with van der Waals surface area (Å²) in [6.45, 7) is 9.22. The largest absolute Gasteiger partial charge is 0.255 e. The predicted molar refractivity (Wildman–Crippen MR) is 178 cm³/mol. The molecule has 210 valence electrons. The Morgan fingerprint density at radius 2 is 1.51 bits per heavy atom. The first-order valence-electron chi connectivity index (χ1n) is 15.8. The van der Waals surface area contributed by atoms with Crippen LogP contribution in [0.5, 0.6) is 0 Å². The molecule has 2 aliphatic carbocycles. The number of pyridine rings is 1. The van der Waals surface area contributed by atoms with Crippen LogP contribution < -0.4 is 0 Å². The lowest BCUT2D eigenvalue weighted by Crippen LogP contribution is -2.29. The van der Waals surface area contributed by atoms with E-state index in [0.717, 1.165) is 11.6 Å². The lowest BCUT2D eigenvalue weighted by atomic mass is 9.62. The minimum absolute atomic E-state index is 0.0527. The highest BCUT2D eigenvalue weighted by Gasteiger charge is 2.36. The summed E-state index contributed by atoms with van der Waals surface area (Å²) in [7, 11) is 0. The van der Waals surface area contributed by atoms with E-state index < -0.39 is 0 Å². The van der Waals surface area contributed by atoms with Crippen LogP contribution in [0.4, 0.5) is 0 Å². The van der Waals surface area contributed by atoms with Gasteiger partial charge in [-0.05, 0) is 119 Å². The van der Waals surface area contributed by atoms with Crippen LogP contribution >= 0.6 is 11.3 Å². The van der Waals surface area contributed by atoms with Gasteiger partial charge in [0.1, 0.15) is 0 Å². The van der Waals surface area contributed by atoms with Crippen LogP contribution in [0.15, 0.2) is 72.9 Å². The molecule has 2 fully saturated rings. The lowest BCUT2D eigenvalue weighted by molar-refractivity contribution is 0.114. The zero-order valence-corrected chi connectivity index (χ0v) is 26.0. The summed E-state index contributed by atoms with van der Waals surface area (Å²) in [4.78, 5) is 6.35. The van der Waals surface area contributed by atoms with Crippen LogP contribution in [-0.2, 0) is 5.41 Å². The number of benzene rings is 3. The fourth-order valence-electron chi connectivity index (χ4n) is 7.97. The van der Waals surface area contributed by atoms with Gasteiger partial charge in [-0.3, -0.25) is 4.98 Å². The average molecular weight is 558 g/mol. The summed E-state index contributed by atoms with van der Waals surface area (Å²) in [5, 5.41) is 3.95. The first kappa shape index (κ1) is 26.9. The maximum atomic E-state index is 4.98. The lowest BCUT2D eigenvalue weighted by Gasteiger charge is -2.43. The fraction of sp³-hybridized carbons (Fsp3) is 0.410. The molecule has 0 aliphatic heterocycles. The molecule has 0 unspecified atom stereocenters. The highest BCUT2D eigenvalue weighted by Crippen LogP contribution is 2.51. The molecule has 3 aromatic carbocycles. The molecule has 1 spiro atoms. The summed E-state index contributed by atoms with van der Waals surface area (Å²) in [6, 6.07) is 25.3. The van der Waals surface area contributed by atoms with E-state index in [2.05, 4.69) is 94.4 Å². The third-order valence-corrected chi connectivity index (χ3v) is 11.8. The summed E-state index contributed by atoms with van der Waals surface area (Å²) >= 11 is 1.91. The highest BCUT2D eigenvalue weighted by molar-refractivity contribution is 7.23. The van der Waals surface area contributed by atoms with Crippen molar-refractivity contribution in [1.82, 2.24) is 4.98 Å². The minimum Gasteiger partial charge on any atom is -0.255 e. The third-order valence-electron chi connectivity index (χ3n) is 10.4. The minimum atomic E-state index is 0.0527. The van der Waals surface area contributed by atoms with Crippen LogP contribution in [0, 0.1) is 12.3 Å². The van der Waals surface area contributed by atoms with E-state index in [4.69, 9.17) is 4.98 Å². The molecule has 0 radical (unpaired) electrons. The fourth-order valence-corrected chi connectivity index (χ4v) is 9.29. The second-order valence-electron chi connectivity index (χ2n) is 14.0. The summed E-state index contributed by atoms with van der Waals surface area (Å²) in [5.41, 5.74) is 8.70. The number of thiophene rings is 1. The van der Waals surface area contributed by atoms with Gasteiger partial charge >= 0.3 is 0 Å². The Hall–Kier alpha value is -2.97. The SMILES string of the molecule is Cc1c(-c2ccc(C3CCC4(CCCCC4)CC3)cc2)sc2c(-c3cc(C(C)(C)C)c4ccccc4c3)nccc12. The summed E-state index contributed by atoms with van der Waals surface area (Å²) in [6.07, 6.45) is 15.0. The van der Waals surface area contributed by atoms with Crippen molar-refractivity contribution in [2.24, 2.45) is 5.41 Å². The topological polar surface area (TPSA) is 12.9 Å². The first-order chi connectivity index (χ1) is 19.8. The maximum absolute atomic E-state index is 4.98. The molecule has 41 heavy (non-hydrogen) atoms. The van der Waals surface area contributed by atoms with E-state index in [-0.39, 0.29) is 5.41 Å². The Labute approximate surface area is 250 Å². The molecule has 0 amide bonds. The first-order valence-corrected chi connectivity index (χ1v) is 16.7. The monoisotopic (exact) mass is 557 g/mol. The van der Waals surface area contributed by atoms with Crippen molar-refractivity contribution in [2.75, 3.05) is 0 Å². The molecule has 1 nitrogen and oxygen atoms in total. The number of fused-ring (bicyclic) bond motifs is 2. The van der Waals surface area contributed by atoms with Crippen molar-refractivity contribution < 1.29 is 0 Å². The predicted octanol–water partition coefficient (Wildman–Crippen LogP) is 12.0. The van der Waals surface area contributed by atoms with Crippen molar-refractivity contribution in [2.45, 2.75) is 96.8 Å². The van der Waals surface area contributed by atoms with E-state index >= 15 is 0 Å². The molecule has 2 heterocycles. The van der Waals surface area contributed by atoms with Gasteiger partial charge in [0, 0.05) is 16.6 Å². The van der Waals surface area contributed by atoms with E-state index in [1.165, 1.54) is 106 Å². The van der Waals surface area contributed by atoms with Gasteiger partial charge in [0.25, 0.3) is 0 Å². The molecule has 2 aliphatic rings. The van der Waals surface area contributed by atoms with Gasteiger partial charge in [-0.15, -0.1) is 11.3 Å². The number of aromatic nitrogens is 1. The molecule has 2 saturated carbocycles. The second kappa shape index (κ2) is 10.4. The molecule has 0 atom stereocenters. The molecule has 5 aromatic rings. The quantitative estimate of drug-likeness (QED) is 0.215. The standard InChI is InChI=1S/C39H43NS/c1-26-32-18-23-40-35(31-24-30-10-6-7-11-33(30)34(25-31)38(2,3)4)37(32)41-36(26)29-14-12-27(13-15-29)28-16-21-39(22-17-28)19-8-5-9-20-39/h6-7,10-15,18,23-25,28H,5,8-9,16-17,19-22H2,1-4H3. The molecule has 7 rings (SSSR count). The number of hydrogen-bond donors (Lipinski definition) is 0. The van der Waals surface area contributed by atoms with Crippen molar-refractivity contribution in [3.8, 4) is 21.7 Å². The van der Waals surface area contributed by atoms with Gasteiger partial charge in [-0.25, -0.2) is 0 Å². The van der Waals surface area contributed by atoms with Gasteiger partial charge in [0.15, 0.2) is 0 Å². The normalized spacial score (nSPS) is 18.0. The molecule has 0 bridgehead atoms. The molecule has 0 N–H and O–H groups in total. The summed E-state index contributed by atoms with van der Waals surface area (Å²) in [5.74, 6) is 0.737. The smallest absolute Gasteiger partial charge is 0.0880 e. The second-order valence-corrected chi connectivity index (χ2v) is 15.1. The van der Waals surface area contributed by atoms with E-state index in [1.54, 1.807) is 5.56 Å². The van der Waals surface area contributed by atoms with Gasteiger partial charge in [-0.1, -0.05) is 88.6 Å². The number of nitrogens with zero attached hydrogens (tertiary/aromatic N) is 1. The highest BCUT2D eigenvalue weighted by atomic mass is 32.1. The van der Waals surface area contributed by atoms with E-state index in [9.17, 15) is 0 Å². The molecular formula is C39H43NS. The number of aryl methyl sites for hydroxylation is 1. The van der Waals surface area contributed by atoms with Crippen molar-refractivity contribution in [3.05, 3.63) is 89.6 Å². The van der Waals surface area contributed by atoms with Crippen molar-refractivity contribution >= 4 is 32.2 Å². The summed E-state index contributed by atoms with van der Waals surface area (Å²) < 4.78 is 1.30. The Morgan fingerprint density at radius 1 is 0.780 bits per heavy atom. The van der Waals surface area contributed by atoms with Crippen LogP contribution in [0.3, 0.4) is 0 Å². The Bertz CT molecular complexity index is 1700. The van der Waals surface area contributed by atoms with Crippen LogP contribution in [0.25, 0.3) is 42.6 Å². The van der Waals surface area contributed by atoms with Gasteiger partial charge in [0.05, 0.1) is 10.4 Å². The Balaban J connectivity index is 1.22. The van der Waals surface area contributed by atoms with E-state index in [0.29, 0.717) is 5.41 Å². The molecule has 0 saturated heterocycles. The van der Waals surface area contributed by atoms with Crippen LogP contribution in [0.1, 0.15) is 101 Å². The van der Waals surface area contributed by atoms with E-state index in [1.807, 2.05) is 17.5 Å². The third kappa shape index (κ3) is 4.93. The molecule has 2 heteroatoms. The zero-order valence-electron chi connectivity index (χ0n) is 25.2. The molecular weight excluding hydrogens is 515 g/mol. The van der Waals surface area contributed by atoms with Crippen LogP contribution in [0.2, 0.25) is 0 Å². The van der Waals surface area contributed by atoms with Crippen molar-refractivity contribution in [3.63, 3.8) is 0 Å².